The molecule has 0 aliphatic heterocycles. The molecule has 0 aliphatic carbocycles. The zero-order valence-corrected chi connectivity index (χ0v) is 13.0. The Hall–Kier alpha value is -0.830. The van der Waals surface area contributed by atoms with Gasteiger partial charge in [-0.15, -0.1) is 6.58 Å². The predicted octanol–water partition coefficient (Wildman–Crippen LogP) is 4.81. The van der Waals surface area contributed by atoms with Crippen molar-refractivity contribution in [2.24, 2.45) is 0 Å². The number of rotatable bonds is 11. The molecule has 3 nitrogen and oxygen atoms in total. The minimum atomic E-state index is -0.842. The Kier molecular flexibility index (Phi) is 18.5. The second-order valence-electron chi connectivity index (χ2n) is 4.64. The van der Waals surface area contributed by atoms with Crippen molar-refractivity contribution >= 4 is 5.97 Å². The van der Waals surface area contributed by atoms with E-state index >= 15 is 0 Å². The van der Waals surface area contributed by atoms with Crippen molar-refractivity contribution in [3.05, 3.63) is 12.7 Å². The van der Waals surface area contributed by atoms with E-state index in [2.05, 4.69) is 13.5 Å². The van der Waals surface area contributed by atoms with E-state index < -0.39 is 12.1 Å². The number of carboxylic acid groups (broad SMARTS) is 1. The van der Waals surface area contributed by atoms with Gasteiger partial charge in [-0.05, 0) is 19.8 Å². The van der Waals surface area contributed by atoms with Crippen LogP contribution in [0.5, 0.6) is 0 Å². The van der Waals surface area contributed by atoms with Crippen molar-refractivity contribution in [3.63, 3.8) is 0 Å². The van der Waals surface area contributed by atoms with Crippen molar-refractivity contribution in [2.45, 2.75) is 78.2 Å². The summed E-state index contributed by atoms with van der Waals surface area (Å²) in [5, 5.41) is 8.75. The lowest BCUT2D eigenvalue weighted by Gasteiger charge is -2.10. The highest BCUT2D eigenvalue weighted by atomic mass is 16.5. The topological polar surface area (TPSA) is 46.5 Å². The standard InChI is InChI=1S/C13H26O3.C3H6/c1-3-5-6-7-8-9-10-11-16-12(4-2)13(14)15;1-3-2/h12H,3-11H2,1-2H3,(H,14,15);3H,1H2,2H3. The van der Waals surface area contributed by atoms with E-state index in [-0.39, 0.29) is 0 Å². The van der Waals surface area contributed by atoms with Crippen LogP contribution in [0.3, 0.4) is 0 Å². The molecule has 0 aromatic carbocycles. The maximum absolute atomic E-state index is 10.6. The van der Waals surface area contributed by atoms with Crippen LogP contribution >= 0.6 is 0 Å². The highest BCUT2D eigenvalue weighted by Crippen LogP contribution is 2.08. The van der Waals surface area contributed by atoms with Crippen LogP contribution in [0.2, 0.25) is 0 Å². The Morgan fingerprint density at radius 1 is 1.16 bits per heavy atom. The van der Waals surface area contributed by atoms with Gasteiger partial charge in [-0.2, -0.15) is 0 Å². The van der Waals surface area contributed by atoms with Gasteiger partial charge in [0.25, 0.3) is 0 Å². The van der Waals surface area contributed by atoms with Crippen LogP contribution in [-0.2, 0) is 9.53 Å². The predicted molar refractivity (Wildman–Crippen MR) is 81.5 cm³/mol. The van der Waals surface area contributed by atoms with Gasteiger partial charge in [0.1, 0.15) is 0 Å². The molecule has 0 saturated heterocycles. The molecule has 1 N–H and O–H groups in total. The number of carbonyl (C=O) groups is 1. The fourth-order valence-corrected chi connectivity index (χ4v) is 1.65. The number of aliphatic carboxylic acids is 1. The quantitative estimate of drug-likeness (QED) is 0.434. The molecular weight excluding hydrogens is 240 g/mol. The highest BCUT2D eigenvalue weighted by Gasteiger charge is 2.14. The minimum absolute atomic E-state index is 0.547. The molecule has 19 heavy (non-hydrogen) atoms. The molecule has 0 amide bonds. The molecule has 0 heterocycles. The van der Waals surface area contributed by atoms with Crippen LogP contribution in [0.15, 0.2) is 12.7 Å². The van der Waals surface area contributed by atoms with Gasteiger partial charge in [-0.1, -0.05) is 58.4 Å². The van der Waals surface area contributed by atoms with Crippen LogP contribution in [-0.4, -0.2) is 23.8 Å². The van der Waals surface area contributed by atoms with Crippen molar-refractivity contribution in [2.75, 3.05) is 6.61 Å². The van der Waals surface area contributed by atoms with E-state index in [1.165, 1.54) is 32.1 Å². The molecule has 0 aromatic rings. The lowest BCUT2D eigenvalue weighted by Crippen LogP contribution is -2.23. The van der Waals surface area contributed by atoms with E-state index in [0.717, 1.165) is 12.8 Å². The smallest absolute Gasteiger partial charge is 0.332 e. The first-order chi connectivity index (χ1) is 9.13. The molecule has 0 aliphatic rings. The maximum atomic E-state index is 10.6. The zero-order chi connectivity index (χ0) is 14.9. The maximum Gasteiger partial charge on any atom is 0.332 e. The summed E-state index contributed by atoms with van der Waals surface area (Å²) in [6.45, 7) is 9.88. The summed E-state index contributed by atoms with van der Waals surface area (Å²) in [5.41, 5.74) is 0. The highest BCUT2D eigenvalue weighted by molar-refractivity contribution is 5.72. The summed E-state index contributed by atoms with van der Waals surface area (Å²) in [7, 11) is 0. The third-order valence-electron chi connectivity index (χ3n) is 2.71. The van der Waals surface area contributed by atoms with Gasteiger partial charge < -0.3 is 9.84 Å². The molecule has 1 atom stereocenters. The molecule has 0 bridgehead atoms. The number of allylic oxidation sites excluding steroid dienone is 1. The third kappa shape index (κ3) is 17.2. The molecule has 1 unspecified atom stereocenters. The Labute approximate surface area is 119 Å². The number of carboxylic acids is 1. The summed E-state index contributed by atoms with van der Waals surface area (Å²) in [4.78, 5) is 10.6. The summed E-state index contributed by atoms with van der Waals surface area (Å²) in [6, 6.07) is 0. The molecule has 0 aromatic heterocycles. The zero-order valence-electron chi connectivity index (χ0n) is 13.0. The van der Waals surface area contributed by atoms with Gasteiger partial charge in [0, 0.05) is 6.61 Å². The summed E-state index contributed by atoms with van der Waals surface area (Å²) < 4.78 is 5.28. The first-order valence-electron chi connectivity index (χ1n) is 7.55. The Bertz CT molecular complexity index is 202. The van der Waals surface area contributed by atoms with Crippen LogP contribution in [0.1, 0.15) is 72.1 Å². The van der Waals surface area contributed by atoms with Crippen molar-refractivity contribution < 1.29 is 14.6 Å². The average Bonchev–Trinajstić information content (AvgIpc) is 2.37. The monoisotopic (exact) mass is 272 g/mol. The average molecular weight is 272 g/mol. The van der Waals surface area contributed by atoms with Gasteiger partial charge in [-0.3, -0.25) is 0 Å². The molecule has 0 radical (unpaired) electrons. The largest absolute Gasteiger partial charge is 0.479 e. The van der Waals surface area contributed by atoms with Crippen LogP contribution in [0, 0.1) is 0 Å². The number of ether oxygens (including phenoxy) is 1. The number of hydrogen-bond donors (Lipinski definition) is 1. The Morgan fingerprint density at radius 2 is 1.63 bits per heavy atom. The second-order valence-corrected chi connectivity index (χ2v) is 4.64. The van der Waals surface area contributed by atoms with Crippen molar-refractivity contribution in [1.29, 1.82) is 0 Å². The minimum Gasteiger partial charge on any atom is -0.479 e. The van der Waals surface area contributed by atoms with Gasteiger partial charge in [0.15, 0.2) is 6.10 Å². The van der Waals surface area contributed by atoms with E-state index in [0.29, 0.717) is 13.0 Å². The Balaban J connectivity index is 0. The molecular formula is C16H32O3. The first-order valence-corrected chi connectivity index (χ1v) is 7.55. The second kappa shape index (κ2) is 17.2. The lowest BCUT2D eigenvalue weighted by molar-refractivity contribution is -0.150. The van der Waals surface area contributed by atoms with Crippen LogP contribution < -0.4 is 0 Å². The molecule has 3 heteroatoms. The Morgan fingerprint density at radius 3 is 2.05 bits per heavy atom. The van der Waals surface area contributed by atoms with E-state index in [1.54, 1.807) is 6.08 Å². The fourth-order valence-electron chi connectivity index (χ4n) is 1.65. The van der Waals surface area contributed by atoms with Gasteiger partial charge in [0.2, 0.25) is 0 Å². The molecule has 0 rings (SSSR count). The first kappa shape index (κ1) is 20.5. The number of unbranched alkanes of at least 4 members (excludes halogenated alkanes) is 6. The van der Waals surface area contributed by atoms with Crippen LogP contribution in [0.25, 0.3) is 0 Å². The third-order valence-corrected chi connectivity index (χ3v) is 2.71. The van der Waals surface area contributed by atoms with Crippen LogP contribution in [0.4, 0.5) is 0 Å². The normalized spacial score (nSPS) is 11.3. The molecule has 0 fully saturated rings. The summed E-state index contributed by atoms with van der Waals surface area (Å²) in [5.74, 6) is -0.842. The van der Waals surface area contributed by atoms with Gasteiger partial charge >= 0.3 is 5.97 Å². The fraction of sp³-hybridized carbons (Fsp3) is 0.812. The lowest BCUT2D eigenvalue weighted by atomic mass is 10.1. The number of hydrogen-bond acceptors (Lipinski definition) is 2. The van der Waals surface area contributed by atoms with Gasteiger partial charge in [0.05, 0.1) is 0 Å². The van der Waals surface area contributed by atoms with Gasteiger partial charge in [-0.25, -0.2) is 4.79 Å². The SMILES string of the molecule is C=CC.CCCCCCCCCOC(CC)C(=O)O. The molecule has 0 spiro atoms. The van der Waals surface area contributed by atoms with Crippen molar-refractivity contribution in [1.82, 2.24) is 0 Å². The van der Waals surface area contributed by atoms with E-state index in [4.69, 9.17) is 9.84 Å². The summed E-state index contributed by atoms with van der Waals surface area (Å²) >= 11 is 0. The molecule has 0 saturated carbocycles. The van der Waals surface area contributed by atoms with E-state index in [9.17, 15) is 4.79 Å². The van der Waals surface area contributed by atoms with Crippen molar-refractivity contribution in [3.8, 4) is 0 Å². The summed E-state index contributed by atoms with van der Waals surface area (Å²) in [6.07, 6.45) is 10.3. The molecule has 114 valence electrons. The van der Waals surface area contributed by atoms with E-state index in [1.807, 2.05) is 13.8 Å².